The second-order valence-corrected chi connectivity index (χ2v) is 5.28. The van der Waals surface area contributed by atoms with Gasteiger partial charge in [-0.3, -0.25) is 0 Å². The number of amides is 1. The van der Waals surface area contributed by atoms with E-state index in [0.717, 1.165) is 0 Å². The Hall–Kier alpha value is -1.52. The Morgan fingerprint density at radius 2 is 1.84 bits per heavy atom. The number of hydrogen-bond acceptors (Lipinski definition) is 4. The molecule has 0 aromatic carbocycles. The molecule has 5 nitrogen and oxygen atoms in total. The van der Waals surface area contributed by atoms with Crippen molar-refractivity contribution in [2.24, 2.45) is 0 Å². The molecule has 0 aromatic heterocycles. The molecule has 1 atom stereocenters. The van der Waals surface area contributed by atoms with E-state index in [9.17, 15) is 9.59 Å². The number of hydrogen-bond donors (Lipinski definition) is 1. The number of carbonyl (C=O) groups is 2. The van der Waals surface area contributed by atoms with Gasteiger partial charge in [-0.2, -0.15) is 0 Å². The molecule has 0 saturated carbocycles. The minimum absolute atomic E-state index is 0.258. The minimum atomic E-state index is -1.11. The molecule has 1 N–H and O–H groups in total. The predicted molar refractivity (Wildman–Crippen MR) is 73.8 cm³/mol. The summed E-state index contributed by atoms with van der Waals surface area (Å²) in [5.74, 6) is -0.469. The van der Waals surface area contributed by atoms with Gasteiger partial charge in [-0.1, -0.05) is 13.0 Å². The van der Waals surface area contributed by atoms with Crippen LogP contribution in [0.2, 0.25) is 0 Å². The lowest BCUT2D eigenvalue weighted by Gasteiger charge is -2.31. The number of ether oxygens (including phenoxy) is 2. The van der Waals surface area contributed by atoms with Crippen LogP contribution in [-0.4, -0.2) is 29.8 Å². The van der Waals surface area contributed by atoms with E-state index in [1.165, 1.54) is 0 Å². The van der Waals surface area contributed by atoms with E-state index in [4.69, 9.17) is 9.47 Å². The molecular formula is C14H25NO4. The van der Waals surface area contributed by atoms with Crippen molar-refractivity contribution in [3.8, 4) is 0 Å². The summed E-state index contributed by atoms with van der Waals surface area (Å²) in [4.78, 5) is 23.9. The second-order valence-electron chi connectivity index (χ2n) is 5.28. The molecule has 0 fully saturated rings. The summed E-state index contributed by atoms with van der Waals surface area (Å²) >= 11 is 0. The van der Waals surface area contributed by atoms with Crippen LogP contribution in [0.1, 0.15) is 47.5 Å². The van der Waals surface area contributed by atoms with Gasteiger partial charge in [-0.05, 0) is 40.5 Å². The Morgan fingerprint density at radius 1 is 1.26 bits per heavy atom. The molecule has 0 saturated heterocycles. The van der Waals surface area contributed by atoms with Crippen molar-refractivity contribution in [3.63, 3.8) is 0 Å². The van der Waals surface area contributed by atoms with Gasteiger partial charge in [-0.25, -0.2) is 9.59 Å². The first-order valence-corrected chi connectivity index (χ1v) is 6.50. The zero-order chi connectivity index (χ0) is 15.1. The summed E-state index contributed by atoms with van der Waals surface area (Å²) in [5, 5.41) is 2.62. The van der Waals surface area contributed by atoms with E-state index in [2.05, 4.69) is 11.9 Å². The summed E-state index contributed by atoms with van der Waals surface area (Å²) in [7, 11) is 0. The number of carbonyl (C=O) groups excluding carboxylic acids is 2. The summed E-state index contributed by atoms with van der Waals surface area (Å²) in [5.41, 5.74) is -1.73. The van der Waals surface area contributed by atoms with Gasteiger partial charge in [0.25, 0.3) is 0 Å². The van der Waals surface area contributed by atoms with Gasteiger partial charge in [0.1, 0.15) is 11.1 Å². The standard InChI is InChI=1S/C14H25NO4/c1-7-10-14(8-2,11(16)18-9-3)15-12(17)19-13(4,5)6/h7H,1,8-10H2,2-6H3,(H,15,17). The lowest BCUT2D eigenvalue weighted by molar-refractivity contribution is -0.151. The average molecular weight is 271 g/mol. The van der Waals surface area contributed by atoms with Crippen molar-refractivity contribution in [3.05, 3.63) is 12.7 Å². The molecule has 0 spiro atoms. The Morgan fingerprint density at radius 3 is 2.21 bits per heavy atom. The molecule has 1 unspecified atom stereocenters. The average Bonchev–Trinajstić information content (AvgIpc) is 2.26. The first-order valence-electron chi connectivity index (χ1n) is 6.50. The van der Waals surface area contributed by atoms with Crippen LogP contribution >= 0.6 is 0 Å². The minimum Gasteiger partial charge on any atom is -0.464 e. The molecule has 0 rings (SSSR count). The van der Waals surface area contributed by atoms with Crippen molar-refractivity contribution < 1.29 is 19.1 Å². The van der Waals surface area contributed by atoms with E-state index in [1.807, 2.05) is 0 Å². The predicted octanol–water partition coefficient (Wildman–Crippen LogP) is 2.80. The Kier molecular flexibility index (Phi) is 6.59. The van der Waals surface area contributed by atoms with E-state index < -0.39 is 23.2 Å². The molecular weight excluding hydrogens is 246 g/mol. The van der Waals surface area contributed by atoms with Crippen molar-refractivity contribution in [1.82, 2.24) is 5.32 Å². The molecule has 110 valence electrons. The zero-order valence-corrected chi connectivity index (χ0v) is 12.5. The van der Waals surface area contributed by atoms with Gasteiger partial charge in [0.2, 0.25) is 0 Å². The van der Waals surface area contributed by atoms with Crippen LogP contribution in [0, 0.1) is 0 Å². The van der Waals surface area contributed by atoms with Gasteiger partial charge in [0, 0.05) is 0 Å². The van der Waals surface area contributed by atoms with Crippen LogP contribution < -0.4 is 5.32 Å². The largest absolute Gasteiger partial charge is 0.464 e. The Bertz CT molecular complexity index is 333. The van der Waals surface area contributed by atoms with Crippen LogP contribution in [0.15, 0.2) is 12.7 Å². The van der Waals surface area contributed by atoms with Crippen molar-refractivity contribution >= 4 is 12.1 Å². The summed E-state index contributed by atoms with van der Waals surface area (Å²) < 4.78 is 10.2. The normalized spacial score (nSPS) is 14.2. The highest BCUT2D eigenvalue weighted by molar-refractivity contribution is 5.86. The molecule has 0 radical (unpaired) electrons. The van der Waals surface area contributed by atoms with E-state index in [1.54, 1.807) is 40.7 Å². The lowest BCUT2D eigenvalue weighted by atomic mass is 9.92. The van der Waals surface area contributed by atoms with Gasteiger partial charge in [0.05, 0.1) is 6.61 Å². The fraction of sp³-hybridized carbons (Fsp3) is 0.714. The highest BCUT2D eigenvalue weighted by Crippen LogP contribution is 2.19. The summed E-state index contributed by atoms with van der Waals surface area (Å²) in [6.07, 6.45) is 1.64. The zero-order valence-electron chi connectivity index (χ0n) is 12.5. The maximum Gasteiger partial charge on any atom is 0.408 e. The van der Waals surface area contributed by atoms with Gasteiger partial charge >= 0.3 is 12.1 Å². The van der Waals surface area contributed by atoms with Crippen LogP contribution in [0.4, 0.5) is 4.79 Å². The van der Waals surface area contributed by atoms with E-state index >= 15 is 0 Å². The van der Waals surface area contributed by atoms with Crippen LogP contribution in [0.5, 0.6) is 0 Å². The maximum atomic E-state index is 12.0. The fourth-order valence-corrected chi connectivity index (χ4v) is 1.58. The third kappa shape index (κ3) is 5.77. The number of alkyl carbamates (subject to hydrolysis) is 1. The van der Waals surface area contributed by atoms with Crippen molar-refractivity contribution in [2.75, 3.05) is 6.61 Å². The topological polar surface area (TPSA) is 64.6 Å². The number of esters is 1. The quantitative estimate of drug-likeness (QED) is 0.596. The fourth-order valence-electron chi connectivity index (χ4n) is 1.58. The monoisotopic (exact) mass is 271 g/mol. The molecule has 1 amide bonds. The number of nitrogens with one attached hydrogen (secondary N) is 1. The molecule has 0 aliphatic heterocycles. The molecule has 0 heterocycles. The van der Waals surface area contributed by atoms with Gasteiger partial charge < -0.3 is 14.8 Å². The van der Waals surface area contributed by atoms with Crippen LogP contribution in [0.3, 0.4) is 0 Å². The summed E-state index contributed by atoms with van der Waals surface area (Å²) in [6.45, 7) is 12.7. The summed E-state index contributed by atoms with van der Waals surface area (Å²) in [6, 6.07) is 0. The molecule has 0 aliphatic rings. The number of rotatable bonds is 6. The van der Waals surface area contributed by atoms with Gasteiger partial charge in [0.15, 0.2) is 0 Å². The highest BCUT2D eigenvalue weighted by atomic mass is 16.6. The first kappa shape index (κ1) is 17.5. The van der Waals surface area contributed by atoms with Crippen molar-refractivity contribution in [2.45, 2.75) is 58.6 Å². The third-order valence-corrected chi connectivity index (χ3v) is 2.50. The van der Waals surface area contributed by atoms with Gasteiger partial charge in [-0.15, -0.1) is 6.58 Å². The highest BCUT2D eigenvalue weighted by Gasteiger charge is 2.39. The van der Waals surface area contributed by atoms with Crippen molar-refractivity contribution in [1.29, 1.82) is 0 Å². The third-order valence-electron chi connectivity index (χ3n) is 2.50. The van der Waals surface area contributed by atoms with Crippen LogP contribution in [0.25, 0.3) is 0 Å². The second kappa shape index (κ2) is 7.16. The lowest BCUT2D eigenvalue weighted by Crippen LogP contribution is -2.55. The van der Waals surface area contributed by atoms with E-state index in [-0.39, 0.29) is 6.61 Å². The smallest absolute Gasteiger partial charge is 0.408 e. The molecule has 0 aliphatic carbocycles. The molecule has 0 bridgehead atoms. The van der Waals surface area contributed by atoms with E-state index in [0.29, 0.717) is 12.8 Å². The molecule has 19 heavy (non-hydrogen) atoms. The Labute approximate surface area is 115 Å². The van der Waals surface area contributed by atoms with Crippen LogP contribution in [-0.2, 0) is 14.3 Å². The first-order chi connectivity index (χ1) is 8.70. The Balaban J connectivity index is 4.99. The maximum absolute atomic E-state index is 12.0. The molecule has 0 aromatic rings. The molecule has 5 heteroatoms. The SMILES string of the molecule is C=CCC(CC)(NC(=O)OC(C)(C)C)C(=O)OCC.